The zero-order chi connectivity index (χ0) is 16.3. The Morgan fingerprint density at radius 3 is 1.91 bits per heavy atom. The van der Waals surface area contributed by atoms with E-state index in [0.29, 0.717) is 11.7 Å². The third kappa shape index (κ3) is 2.74. The number of hydrogen-bond acceptors (Lipinski definition) is 2. The molecule has 0 spiro atoms. The van der Waals surface area contributed by atoms with Crippen molar-refractivity contribution in [3.05, 3.63) is 35.4 Å². The highest BCUT2D eigenvalue weighted by Crippen LogP contribution is 2.58. The van der Waals surface area contributed by atoms with E-state index < -0.39 is 0 Å². The quantitative estimate of drug-likeness (QED) is 0.721. The lowest BCUT2D eigenvalue weighted by atomic mass is 9.79. The summed E-state index contributed by atoms with van der Waals surface area (Å²) in [6.45, 7) is 15.3. The monoisotopic (exact) mass is 300 g/mol. The zero-order valence-corrected chi connectivity index (χ0v) is 15.1. The van der Waals surface area contributed by atoms with Crippen molar-refractivity contribution in [1.82, 2.24) is 0 Å². The summed E-state index contributed by atoms with van der Waals surface area (Å²) >= 11 is 0. The predicted molar refractivity (Wildman–Crippen MR) is 92.3 cm³/mol. The zero-order valence-electron chi connectivity index (χ0n) is 15.1. The van der Waals surface area contributed by atoms with Gasteiger partial charge in [-0.3, -0.25) is 0 Å². The smallest absolute Gasteiger partial charge is 0.403 e. The van der Waals surface area contributed by atoms with Crippen molar-refractivity contribution >= 4 is 7.12 Å². The van der Waals surface area contributed by atoms with Crippen LogP contribution in [0.3, 0.4) is 0 Å². The molecule has 1 aliphatic carbocycles. The van der Waals surface area contributed by atoms with Crippen LogP contribution in [0.2, 0.25) is 5.82 Å². The number of benzene rings is 1. The maximum atomic E-state index is 6.20. The van der Waals surface area contributed by atoms with Gasteiger partial charge >= 0.3 is 7.12 Å². The number of rotatable bonds is 2. The second-order valence-corrected chi connectivity index (χ2v) is 9.00. The molecule has 0 bridgehead atoms. The summed E-state index contributed by atoms with van der Waals surface area (Å²) in [7, 11) is -0.0581. The van der Waals surface area contributed by atoms with Gasteiger partial charge in [0.1, 0.15) is 0 Å². The molecule has 2 fully saturated rings. The van der Waals surface area contributed by atoms with Crippen LogP contribution in [0.25, 0.3) is 0 Å². The van der Waals surface area contributed by atoms with Gasteiger partial charge in [0, 0.05) is 5.82 Å². The van der Waals surface area contributed by atoms with Gasteiger partial charge in [0.2, 0.25) is 0 Å². The lowest BCUT2D eigenvalue weighted by Gasteiger charge is -2.32. The summed E-state index contributed by atoms with van der Waals surface area (Å²) in [5.74, 6) is 1.09. The Morgan fingerprint density at radius 2 is 1.45 bits per heavy atom. The average Bonchev–Trinajstić information content (AvgIpc) is 3.12. The summed E-state index contributed by atoms with van der Waals surface area (Å²) < 4.78 is 12.4. The van der Waals surface area contributed by atoms with Gasteiger partial charge in [0.25, 0.3) is 0 Å². The molecular weight excluding hydrogens is 271 g/mol. The van der Waals surface area contributed by atoms with Crippen LogP contribution >= 0.6 is 0 Å². The molecule has 2 aliphatic rings. The van der Waals surface area contributed by atoms with Crippen molar-refractivity contribution in [3.8, 4) is 0 Å². The lowest BCUT2D eigenvalue weighted by Crippen LogP contribution is -2.41. The minimum atomic E-state index is -0.221. The Morgan fingerprint density at radius 1 is 0.955 bits per heavy atom. The molecule has 2 atom stereocenters. The van der Waals surface area contributed by atoms with Gasteiger partial charge in [-0.2, -0.15) is 0 Å². The molecule has 120 valence electrons. The third-order valence-electron chi connectivity index (χ3n) is 5.67. The molecule has 22 heavy (non-hydrogen) atoms. The summed E-state index contributed by atoms with van der Waals surface area (Å²) in [5, 5.41) is 0. The SMILES string of the molecule is CC(C)(C)c1ccc(C2CC2B2OC(C)(C)C(C)(C)O2)cc1. The van der Waals surface area contributed by atoms with E-state index in [0.717, 1.165) is 0 Å². The standard InChI is InChI=1S/C19H29BO2/c1-17(2,3)14-10-8-13(9-11-14)15-12-16(15)20-21-18(4,5)19(6,7)22-20/h8-11,15-16H,12H2,1-7H3. The highest BCUT2D eigenvalue weighted by molar-refractivity contribution is 6.49. The van der Waals surface area contributed by atoms with Gasteiger partial charge in [-0.15, -0.1) is 0 Å². The van der Waals surface area contributed by atoms with E-state index in [1.54, 1.807) is 0 Å². The van der Waals surface area contributed by atoms with Crippen LogP contribution in [-0.4, -0.2) is 18.3 Å². The molecule has 3 heteroatoms. The van der Waals surface area contributed by atoms with E-state index in [4.69, 9.17) is 9.31 Å². The maximum absolute atomic E-state index is 6.20. The van der Waals surface area contributed by atoms with Gasteiger partial charge in [-0.25, -0.2) is 0 Å². The summed E-state index contributed by atoms with van der Waals surface area (Å²) in [5.41, 5.74) is 2.59. The Labute approximate surface area is 135 Å². The van der Waals surface area contributed by atoms with Gasteiger partial charge < -0.3 is 9.31 Å². The molecule has 1 aromatic rings. The predicted octanol–water partition coefficient (Wildman–Crippen LogP) is 4.93. The summed E-state index contributed by atoms with van der Waals surface area (Å²) in [6, 6.07) is 9.12. The first kappa shape index (κ1) is 16.1. The van der Waals surface area contributed by atoms with Gasteiger partial charge in [0.15, 0.2) is 0 Å². The molecule has 0 N–H and O–H groups in total. The second-order valence-electron chi connectivity index (χ2n) is 9.00. The van der Waals surface area contributed by atoms with E-state index in [1.165, 1.54) is 17.5 Å². The average molecular weight is 300 g/mol. The highest BCUT2D eigenvalue weighted by atomic mass is 16.7. The minimum absolute atomic E-state index is 0.0581. The lowest BCUT2D eigenvalue weighted by molar-refractivity contribution is 0.00578. The van der Waals surface area contributed by atoms with Crippen LogP contribution in [0.5, 0.6) is 0 Å². The Kier molecular flexibility index (Phi) is 3.54. The Hall–Kier alpha value is -0.795. The molecule has 2 nitrogen and oxygen atoms in total. The molecule has 2 unspecified atom stereocenters. The third-order valence-corrected chi connectivity index (χ3v) is 5.67. The first-order valence-electron chi connectivity index (χ1n) is 8.47. The molecule has 1 aromatic carbocycles. The van der Waals surface area contributed by atoms with Crippen molar-refractivity contribution in [3.63, 3.8) is 0 Å². The van der Waals surface area contributed by atoms with Crippen LogP contribution < -0.4 is 0 Å². The largest absolute Gasteiger partial charge is 0.461 e. The molecule has 0 radical (unpaired) electrons. The van der Waals surface area contributed by atoms with Crippen LogP contribution in [0.4, 0.5) is 0 Å². The molecule has 3 rings (SSSR count). The fraction of sp³-hybridized carbons (Fsp3) is 0.684. The van der Waals surface area contributed by atoms with Crippen LogP contribution in [-0.2, 0) is 14.7 Å². The van der Waals surface area contributed by atoms with Gasteiger partial charge in [0.05, 0.1) is 11.2 Å². The van der Waals surface area contributed by atoms with E-state index in [2.05, 4.69) is 72.7 Å². The maximum Gasteiger partial charge on any atom is 0.461 e. The van der Waals surface area contributed by atoms with Crippen molar-refractivity contribution in [1.29, 1.82) is 0 Å². The van der Waals surface area contributed by atoms with Crippen LogP contribution in [0, 0.1) is 0 Å². The molecule has 1 saturated carbocycles. The van der Waals surface area contributed by atoms with Crippen molar-refractivity contribution in [2.45, 2.75) is 83.2 Å². The van der Waals surface area contributed by atoms with Crippen molar-refractivity contribution < 1.29 is 9.31 Å². The Balaban J connectivity index is 1.68. The fourth-order valence-corrected chi connectivity index (χ4v) is 3.19. The normalized spacial score (nSPS) is 29.7. The number of hydrogen-bond donors (Lipinski definition) is 0. The first-order valence-corrected chi connectivity index (χ1v) is 8.47. The van der Waals surface area contributed by atoms with Gasteiger partial charge in [-0.1, -0.05) is 45.0 Å². The second kappa shape index (κ2) is 4.85. The van der Waals surface area contributed by atoms with E-state index >= 15 is 0 Å². The van der Waals surface area contributed by atoms with E-state index in [-0.39, 0.29) is 23.7 Å². The van der Waals surface area contributed by atoms with Gasteiger partial charge in [-0.05, 0) is 56.6 Å². The van der Waals surface area contributed by atoms with Crippen LogP contribution in [0.15, 0.2) is 24.3 Å². The molecular formula is C19H29BO2. The summed E-state index contributed by atoms with van der Waals surface area (Å²) in [6.07, 6.45) is 1.17. The Bertz CT molecular complexity index is 538. The minimum Gasteiger partial charge on any atom is -0.403 e. The molecule has 0 amide bonds. The molecule has 0 aromatic heterocycles. The first-order chi connectivity index (χ1) is 10.0. The van der Waals surface area contributed by atoms with E-state index in [1.807, 2.05) is 0 Å². The fourth-order valence-electron chi connectivity index (χ4n) is 3.19. The highest BCUT2D eigenvalue weighted by Gasteiger charge is 2.59. The molecule has 1 saturated heterocycles. The summed E-state index contributed by atoms with van der Waals surface area (Å²) in [4.78, 5) is 0. The van der Waals surface area contributed by atoms with Crippen LogP contribution in [0.1, 0.15) is 71.9 Å². The van der Waals surface area contributed by atoms with Crippen molar-refractivity contribution in [2.24, 2.45) is 0 Å². The molecule has 1 heterocycles. The topological polar surface area (TPSA) is 18.5 Å². The van der Waals surface area contributed by atoms with Crippen molar-refractivity contribution in [2.75, 3.05) is 0 Å². The van der Waals surface area contributed by atoms with E-state index in [9.17, 15) is 0 Å². The molecule has 1 aliphatic heterocycles.